The molecule has 0 unspecified atom stereocenters. The minimum Gasteiger partial charge on any atom is -0.361 e. The fourth-order valence-electron chi connectivity index (χ4n) is 4.20. The standard InChI is InChI=1S/C24H22ClFN6O2/c1-30-21-20(22(33)31(2)24(30)34)32(13-14-7-8-17(25)18(26)11-14)23(29-21)27-10-9-15-12-28-19-6-4-3-5-16(15)19/h3-8,11-12,28H,9-10,13H2,1-2H3,(H,27,29). The van der Waals surface area contributed by atoms with Crippen molar-refractivity contribution in [1.82, 2.24) is 23.7 Å². The summed E-state index contributed by atoms with van der Waals surface area (Å²) in [5.74, 6) is -0.124. The monoisotopic (exact) mass is 480 g/mol. The lowest BCUT2D eigenvalue weighted by Crippen LogP contribution is -2.37. The Labute approximate surface area is 198 Å². The Morgan fingerprint density at radius 1 is 1.12 bits per heavy atom. The fraction of sp³-hybridized carbons (Fsp3) is 0.208. The first-order chi connectivity index (χ1) is 16.3. The molecule has 5 rings (SSSR count). The summed E-state index contributed by atoms with van der Waals surface area (Å²) in [7, 11) is 2.99. The Kier molecular flexibility index (Phi) is 5.49. The molecule has 0 saturated carbocycles. The Bertz CT molecular complexity index is 1660. The Morgan fingerprint density at radius 2 is 1.91 bits per heavy atom. The molecule has 0 bridgehead atoms. The van der Waals surface area contributed by atoms with E-state index in [0.29, 0.717) is 24.5 Å². The third-order valence-electron chi connectivity index (χ3n) is 6.03. The van der Waals surface area contributed by atoms with Crippen molar-refractivity contribution in [1.29, 1.82) is 0 Å². The van der Waals surface area contributed by atoms with Crippen LogP contribution in [-0.4, -0.2) is 30.2 Å². The highest BCUT2D eigenvalue weighted by Crippen LogP contribution is 2.22. The highest BCUT2D eigenvalue weighted by atomic mass is 35.5. The lowest BCUT2D eigenvalue weighted by Gasteiger charge is -2.11. The second kappa shape index (κ2) is 8.49. The molecular formula is C24H22ClFN6O2. The van der Waals surface area contributed by atoms with Gasteiger partial charge in [-0.3, -0.25) is 18.5 Å². The van der Waals surface area contributed by atoms with E-state index in [1.54, 1.807) is 17.7 Å². The van der Waals surface area contributed by atoms with Crippen molar-refractivity contribution < 1.29 is 4.39 Å². The molecule has 0 fully saturated rings. The second-order valence-corrected chi connectivity index (χ2v) is 8.59. The summed E-state index contributed by atoms with van der Waals surface area (Å²) in [5, 5.41) is 4.47. The van der Waals surface area contributed by atoms with Crippen molar-refractivity contribution in [2.24, 2.45) is 14.1 Å². The predicted octanol–water partition coefficient (Wildman–Crippen LogP) is 3.41. The number of aryl methyl sites for hydroxylation is 1. The van der Waals surface area contributed by atoms with E-state index in [-0.39, 0.29) is 22.7 Å². The molecule has 0 aliphatic rings. The number of aromatic nitrogens is 5. The van der Waals surface area contributed by atoms with Crippen LogP contribution in [0.1, 0.15) is 11.1 Å². The van der Waals surface area contributed by atoms with E-state index in [4.69, 9.17) is 11.6 Å². The quantitative estimate of drug-likeness (QED) is 0.390. The van der Waals surface area contributed by atoms with Crippen LogP contribution in [-0.2, 0) is 27.1 Å². The van der Waals surface area contributed by atoms with Gasteiger partial charge in [0.1, 0.15) is 5.82 Å². The molecule has 0 saturated heterocycles. The van der Waals surface area contributed by atoms with Gasteiger partial charge in [-0.15, -0.1) is 0 Å². The maximum absolute atomic E-state index is 14.1. The Morgan fingerprint density at radius 3 is 2.71 bits per heavy atom. The average Bonchev–Trinajstić information content (AvgIpc) is 3.41. The van der Waals surface area contributed by atoms with E-state index in [1.807, 2.05) is 24.4 Å². The smallest absolute Gasteiger partial charge is 0.332 e. The zero-order valence-corrected chi connectivity index (χ0v) is 19.4. The molecule has 3 heterocycles. The van der Waals surface area contributed by atoms with Gasteiger partial charge in [-0.2, -0.15) is 4.98 Å². The van der Waals surface area contributed by atoms with Crippen molar-refractivity contribution in [3.05, 3.63) is 91.5 Å². The van der Waals surface area contributed by atoms with Gasteiger partial charge in [0, 0.05) is 37.7 Å². The molecule has 2 N–H and O–H groups in total. The SMILES string of the molecule is Cn1c(=O)c2c(nc(NCCc3c[nH]c4ccccc34)n2Cc2ccc(Cl)c(F)c2)n(C)c1=O. The van der Waals surface area contributed by atoms with Crippen molar-refractivity contribution in [2.45, 2.75) is 13.0 Å². The molecule has 8 nitrogen and oxygen atoms in total. The summed E-state index contributed by atoms with van der Waals surface area (Å²) in [6, 6.07) is 12.6. The van der Waals surface area contributed by atoms with E-state index in [9.17, 15) is 14.0 Å². The first-order valence-electron chi connectivity index (χ1n) is 10.7. The molecule has 10 heteroatoms. The highest BCUT2D eigenvalue weighted by Gasteiger charge is 2.19. The van der Waals surface area contributed by atoms with Crippen molar-refractivity contribution >= 4 is 39.6 Å². The third kappa shape index (κ3) is 3.67. The largest absolute Gasteiger partial charge is 0.361 e. The number of benzene rings is 2. The molecule has 5 aromatic rings. The van der Waals surface area contributed by atoms with Gasteiger partial charge >= 0.3 is 5.69 Å². The van der Waals surface area contributed by atoms with Crippen LogP contribution >= 0.6 is 11.6 Å². The van der Waals surface area contributed by atoms with Crippen LogP contribution in [0.4, 0.5) is 10.3 Å². The van der Waals surface area contributed by atoms with Gasteiger partial charge in [0.05, 0.1) is 11.6 Å². The summed E-state index contributed by atoms with van der Waals surface area (Å²) in [5.41, 5.74) is 2.40. The number of hydrogen-bond acceptors (Lipinski definition) is 4. The van der Waals surface area contributed by atoms with E-state index < -0.39 is 17.1 Å². The normalized spacial score (nSPS) is 11.5. The molecular weight excluding hydrogens is 459 g/mol. The zero-order valence-electron chi connectivity index (χ0n) is 18.6. The number of rotatable bonds is 6. The molecule has 174 valence electrons. The molecule has 0 aliphatic heterocycles. The van der Waals surface area contributed by atoms with Crippen LogP contribution in [0, 0.1) is 5.82 Å². The van der Waals surface area contributed by atoms with E-state index >= 15 is 0 Å². The first-order valence-corrected chi connectivity index (χ1v) is 11.1. The minimum atomic E-state index is -0.544. The lowest BCUT2D eigenvalue weighted by molar-refractivity contribution is 0.624. The summed E-state index contributed by atoms with van der Waals surface area (Å²) in [6.45, 7) is 0.710. The van der Waals surface area contributed by atoms with E-state index in [1.165, 1.54) is 23.7 Å². The van der Waals surface area contributed by atoms with E-state index in [0.717, 1.165) is 21.0 Å². The first kappa shape index (κ1) is 22.0. The maximum Gasteiger partial charge on any atom is 0.332 e. The summed E-state index contributed by atoms with van der Waals surface area (Å²) in [4.78, 5) is 33.3. The molecule has 0 atom stereocenters. The molecule has 0 spiro atoms. The van der Waals surface area contributed by atoms with Crippen LogP contribution < -0.4 is 16.6 Å². The molecule has 0 radical (unpaired) electrons. The van der Waals surface area contributed by atoms with Gasteiger partial charge in [0.2, 0.25) is 5.95 Å². The van der Waals surface area contributed by atoms with Gasteiger partial charge in [-0.1, -0.05) is 35.9 Å². The van der Waals surface area contributed by atoms with Crippen LogP contribution in [0.5, 0.6) is 0 Å². The van der Waals surface area contributed by atoms with Gasteiger partial charge in [-0.05, 0) is 35.7 Å². The molecule has 2 aromatic carbocycles. The minimum absolute atomic E-state index is 0.0228. The second-order valence-electron chi connectivity index (χ2n) is 8.18. The van der Waals surface area contributed by atoms with Crippen molar-refractivity contribution in [3.63, 3.8) is 0 Å². The number of aromatic amines is 1. The number of nitrogens with one attached hydrogen (secondary N) is 2. The summed E-state index contributed by atoms with van der Waals surface area (Å²) in [6.07, 6.45) is 2.69. The van der Waals surface area contributed by atoms with Crippen molar-refractivity contribution in [3.8, 4) is 0 Å². The number of hydrogen-bond donors (Lipinski definition) is 2. The highest BCUT2D eigenvalue weighted by molar-refractivity contribution is 6.30. The average molecular weight is 481 g/mol. The fourth-order valence-corrected chi connectivity index (χ4v) is 4.32. The molecule has 0 amide bonds. The number of imidazole rings is 1. The topological polar surface area (TPSA) is 89.6 Å². The van der Waals surface area contributed by atoms with Crippen LogP contribution in [0.2, 0.25) is 5.02 Å². The Hall–Kier alpha value is -3.85. The van der Waals surface area contributed by atoms with Crippen LogP contribution in [0.25, 0.3) is 22.1 Å². The Balaban J connectivity index is 1.54. The van der Waals surface area contributed by atoms with E-state index in [2.05, 4.69) is 21.4 Å². The van der Waals surface area contributed by atoms with Gasteiger partial charge in [-0.25, -0.2) is 9.18 Å². The lowest BCUT2D eigenvalue weighted by atomic mass is 10.1. The summed E-state index contributed by atoms with van der Waals surface area (Å²) < 4.78 is 18.1. The number of nitrogens with zero attached hydrogens (tertiary/aromatic N) is 4. The van der Waals surface area contributed by atoms with Gasteiger partial charge in [0.25, 0.3) is 5.56 Å². The summed E-state index contributed by atoms with van der Waals surface area (Å²) >= 11 is 5.83. The predicted molar refractivity (Wildman–Crippen MR) is 131 cm³/mol. The number of halogens is 2. The van der Waals surface area contributed by atoms with Crippen LogP contribution in [0.15, 0.2) is 58.3 Å². The van der Waals surface area contributed by atoms with Crippen molar-refractivity contribution in [2.75, 3.05) is 11.9 Å². The zero-order chi connectivity index (χ0) is 24.0. The molecule has 3 aromatic heterocycles. The number of anilines is 1. The number of para-hydroxylation sites is 1. The van der Waals surface area contributed by atoms with Crippen LogP contribution in [0.3, 0.4) is 0 Å². The molecule has 0 aliphatic carbocycles. The molecule has 34 heavy (non-hydrogen) atoms. The third-order valence-corrected chi connectivity index (χ3v) is 6.33. The maximum atomic E-state index is 14.1. The van der Waals surface area contributed by atoms with Gasteiger partial charge in [0.15, 0.2) is 11.2 Å². The van der Waals surface area contributed by atoms with Gasteiger partial charge < -0.3 is 10.3 Å². The number of fused-ring (bicyclic) bond motifs is 2. The number of H-pyrrole nitrogens is 1.